The zero-order chi connectivity index (χ0) is 20.8. The van der Waals surface area contributed by atoms with Gasteiger partial charge in [-0.15, -0.1) is 0 Å². The molecule has 0 aliphatic rings. The lowest BCUT2D eigenvalue weighted by molar-refractivity contribution is -0.121. The molecule has 0 unspecified atom stereocenters. The van der Waals surface area contributed by atoms with E-state index in [4.69, 9.17) is 9.72 Å². The number of carbonyl (C=O) groups is 2. The summed E-state index contributed by atoms with van der Waals surface area (Å²) < 4.78 is 5.89. The van der Waals surface area contributed by atoms with E-state index >= 15 is 0 Å². The number of likely N-dealkylation sites (N-methyl/N-ethyl adjacent to an activating group) is 1. The number of pyridine rings is 1. The van der Waals surface area contributed by atoms with Crippen LogP contribution in [0.1, 0.15) is 10.4 Å². The predicted octanol–water partition coefficient (Wildman–Crippen LogP) is 3.50. The first-order chi connectivity index (χ1) is 14.0. The second-order valence-corrected chi connectivity index (χ2v) is 7.50. The molecule has 0 aliphatic carbocycles. The number of hydrogen-bond donors (Lipinski definition) is 1. The number of nitrogens with one attached hydrogen (secondary N) is 1. The van der Waals surface area contributed by atoms with Gasteiger partial charge in [-0.2, -0.15) is 0 Å². The number of ether oxygens (including phenoxy) is 1. The van der Waals surface area contributed by atoms with Crippen LogP contribution < -0.4 is 5.32 Å². The van der Waals surface area contributed by atoms with Crippen molar-refractivity contribution in [2.75, 3.05) is 33.9 Å². The van der Waals surface area contributed by atoms with E-state index in [1.165, 1.54) is 4.90 Å². The van der Waals surface area contributed by atoms with Gasteiger partial charge in [0.25, 0.3) is 5.91 Å². The Morgan fingerprint density at radius 1 is 1.14 bits per heavy atom. The number of hydrogen-bond acceptors (Lipinski definition) is 4. The molecule has 2 aromatic carbocycles. The second-order valence-electron chi connectivity index (χ2n) is 6.58. The van der Waals surface area contributed by atoms with E-state index in [1.54, 1.807) is 20.2 Å². The molecule has 150 valence electrons. The molecule has 0 saturated heterocycles. The van der Waals surface area contributed by atoms with Gasteiger partial charge < -0.3 is 15.0 Å². The van der Waals surface area contributed by atoms with E-state index < -0.39 is 0 Å². The largest absolute Gasteiger partial charge is 0.383 e. The van der Waals surface area contributed by atoms with Crippen molar-refractivity contribution in [1.29, 1.82) is 0 Å². The highest BCUT2D eigenvalue weighted by atomic mass is 79.9. The summed E-state index contributed by atoms with van der Waals surface area (Å²) in [6.45, 7) is 0.797. The minimum atomic E-state index is -0.233. The van der Waals surface area contributed by atoms with Gasteiger partial charge in [-0.05, 0) is 24.3 Å². The topological polar surface area (TPSA) is 71.5 Å². The summed E-state index contributed by atoms with van der Waals surface area (Å²) in [6.07, 6.45) is 0. The first-order valence-electron chi connectivity index (χ1n) is 9.16. The van der Waals surface area contributed by atoms with Crippen molar-refractivity contribution in [1.82, 2.24) is 15.2 Å². The maximum absolute atomic E-state index is 13.1. The van der Waals surface area contributed by atoms with E-state index in [1.807, 2.05) is 48.5 Å². The number of carbonyl (C=O) groups excluding carboxylic acids is 2. The number of para-hydroxylation sites is 1. The van der Waals surface area contributed by atoms with Gasteiger partial charge in [-0.3, -0.25) is 9.59 Å². The van der Waals surface area contributed by atoms with Crippen LogP contribution in [0.15, 0.2) is 59.1 Å². The summed E-state index contributed by atoms with van der Waals surface area (Å²) in [6, 6.07) is 17.1. The zero-order valence-corrected chi connectivity index (χ0v) is 17.9. The fourth-order valence-corrected chi connectivity index (χ4v) is 3.23. The summed E-state index contributed by atoms with van der Waals surface area (Å²) in [5, 5.41) is 3.48. The number of amides is 2. The molecule has 0 saturated carbocycles. The van der Waals surface area contributed by atoms with Crippen molar-refractivity contribution in [3.8, 4) is 11.3 Å². The van der Waals surface area contributed by atoms with Crippen molar-refractivity contribution in [2.45, 2.75) is 0 Å². The van der Waals surface area contributed by atoms with Gasteiger partial charge in [0.2, 0.25) is 5.91 Å². The maximum Gasteiger partial charge on any atom is 0.254 e. The van der Waals surface area contributed by atoms with Crippen LogP contribution in [-0.2, 0) is 9.53 Å². The number of fused-ring (bicyclic) bond motifs is 1. The van der Waals surface area contributed by atoms with Gasteiger partial charge >= 0.3 is 0 Å². The molecule has 1 heterocycles. The summed E-state index contributed by atoms with van der Waals surface area (Å²) >= 11 is 3.43. The van der Waals surface area contributed by atoms with Crippen LogP contribution in [0.25, 0.3) is 22.2 Å². The highest BCUT2D eigenvalue weighted by Gasteiger charge is 2.19. The van der Waals surface area contributed by atoms with Gasteiger partial charge in [0.05, 0.1) is 29.9 Å². The number of nitrogens with zero attached hydrogens (tertiary/aromatic N) is 2. The van der Waals surface area contributed by atoms with Gasteiger partial charge in [0, 0.05) is 36.1 Å². The van der Waals surface area contributed by atoms with Crippen LogP contribution in [0.4, 0.5) is 0 Å². The molecule has 0 atom stereocenters. The summed E-state index contributed by atoms with van der Waals surface area (Å²) in [4.78, 5) is 31.3. The Morgan fingerprint density at radius 2 is 1.86 bits per heavy atom. The molecule has 0 fully saturated rings. The standard InChI is InChI=1S/C22H22BrN3O3/c1-26(14-21(27)24-11-12-29-2)22(28)18-13-20(15-7-9-16(23)10-8-15)25-19-6-4-3-5-17(18)19/h3-10,13H,11-12,14H2,1-2H3,(H,24,27). The van der Waals surface area contributed by atoms with Crippen molar-refractivity contribution < 1.29 is 14.3 Å². The first-order valence-corrected chi connectivity index (χ1v) is 9.95. The van der Waals surface area contributed by atoms with Crippen LogP contribution >= 0.6 is 15.9 Å². The third-order valence-corrected chi connectivity index (χ3v) is 4.97. The first kappa shape index (κ1) is 21.0. The Balaban J connectivity index is 1.91. The predicted molar refractivity (Wildman–Crippen MR) is 117 cm³/mol. The van der Waals surface area contributed by atoms with Crippen molar-refractivity contribution >= 4 is 38.6 Å². The highest BCUT2D eigenvalue weighted by molar-refractivity contribution is 9.10. The summed E-state index contributed by atoms with van der Waals surface area (Å²) in [5.74, 6) is -0.465. The van der Waals surface area contributed by atoms with Crippen molar-refractivity contribution in [2.24, 2.45) is 0 Å². The molecule has 1 N–H and O–H groups in total. The van der Waals surface area contributed by atoms with Crippen LogP contribution in [0.5, 0.6) is 0 Å². The molecular formula is C22H22BrN3O3. The summed E-state index contributed by atoms with van der Waals surface area (Å²) in [5.41, 5.74) is 2.86. The SMILES string of the molecule is COCCNC(=O)CN(C)C(=O)c1cc(-c2ccc(Br)cc2)nc2ccccc12. The van der Waals surface area contributed by atoms with Gasteiger partial charge in [0.1, 0.15) is 0 Å². The van der Waals surface area contributed by atoms with Crippen LogP contribution in [0.3, 0.4) is 0 Å². The smallest absolute Gasteiger partial charge is 0.254 e. The molecule has 3 aromatic rings. The van der Waals surface area contributed by atoms with Crippen molar-refractivity contribution in [3.63, 3.8) is 0 Å². The molecule has 0 spiro atoms. The minimum absolute atomic E-state index is 0.0349. The van der Waals surface area contributed by atoms with E-state index in [0.717, 1.165) is 20.9 Å². The van der Waals surface area contributed by atoms with Gasteiger partial charge in [-0.1, -0.05) is 46.3 Å². The van der Waals surface area contributed by atoms with E-state index in [2.05, 4.69) is 21.2 Å². The average molecular weight is 456 g/mol. The lowest BCUT2D eigenvalue weighted by Crippen LogP contribution is -2.39. The number of halogens is 1. The van der Waals surface area contributed by atoms with Crippen LogP contribution in [0, 0.1) is 0 Å². The van der Waals surface area contributed by atoms with E-state index in [9.17, 15) is 9.59 Å². The molecule has 3 rings (SSSR count). The van der Waals surface area contributed by atoms with Gasteiger partial charge in [0.15, 0.2) is 0 Å². The number of methoxy groups -OCH3 is 1. The van der Waals surface area contributed by atoms with Crippen molar-refractivity contribution in [3.05, 3.63) is 64.6 Å². The lowest BCUT2D eigenvalue weighted by Gasteiger charge is -2.18. The fourth-order valence-electron chi connectivity index (χ4n) is 2.96. The lowest BCUT2D eigenvalue weighted by atomic mass is 10.0. The summed E-state index contributed by atoms with van der Waals surface area (Å²) in [7, 11) is 3.19. The quantitative estimate of drug-likeness (QED) is 0.553. The molecular weight excluding hydrogens is 434 g/mol. The molecule has 7 heteroatoms. The Kier molecular flexibility index (Phi) is 6.95. The molecule has 6 nitrogen and oxygen atoms in total. The normalized spacial score (nSPS) is 10.7. The Morgan fingerprint density at radius 3 is 2.59 bits per heavy atom. The molecule has 2 amide bonds. The number of aromatic nitrogens is 1. The minimum Gasteiger partial charge on any atom is -0.383 e. The van der Waals surface area contributed by atoms with E-state index in [-0.39, 0.29) is 18.4 Å². The molecule has 0 radical (unpaired) electrons. The zero-order valence-electron chi connectivity index (χ0n) is 16.3. The van der Waals surface area contributed by atoms with Gasteiger partial charge in [-0.25, -0.2) is 4.98 Å². The Labute approximate surface area is 178 Å². The Hall–Kier alpha value is -2.77. The fraction of sp³-hybridized carbons (Fsp3) is 0.227. The van der Waals surface area contributed by atoms with E-state index in [0.29, 0.717) is 24.4 Å². The number of rotatable bonds is 7. The third kappa shape index (κ3) is 5.19. The average Bonchev–Trinajstić information content (AvgIpc) is 2.73. The van der Waals surface area contributed by atoms with Crippen LogP contribution in [-0.4, -0.2) is 55.6 Å². The molecule has 0 bridgehead atoms. The molecule has 1 aromatic heterocycles. The number of benzene rings is 2. The third-order valence-electron chi connectivity index (χ3n) is 4.44. The van der Waals surface area contributed by atoms with Crippen LogP contribution in [0.2, 0.25) is 0 Å². The highest BCUT2D eigenvalue weighted by Crippen LogP contribution is 2.26. The second kappa shape index (κ2) is 9.62. The molecule has 29 heavy (non-hydrogen) atoms. The molecule has 0 aliphatic heterocycles. The Bertz CT molecular complexity index is 1020. The monoisotopic (exact) mass is 455 g/mol. The maximum atomic E-state index is 13.1.